The van der Waals surface area contributed by atoms with E-state index >= 15 is 0 Å². The Morgan fingerprint density at radius 2 is 2.33 bits per heavy atom. The van der Waals surface area contributed by atoms with Gasteiger partial charge >= 0.3 is 6.47 Å². The Morgan fingerprint density at radius 3 is 2.67 bits per heavy atom. The third-order valence-corrected chi connectivity index (χ3v) is 0.631. The number of nitrogens with one attached hydrogen (secondary N) is 1. The van der Waals surface area contributed by atoms with Gasteiger partial charge in [0.1, 0.15) is 0 Å². The lowest BCUT2D eigenvalue weighted by molar-refractivity contribution is -0.121. The molecule has 0 bridgehead atoms. The number of ether oxygens (including phenoxy) is 1. The van der Waals surface area contributed by atoms with E-state index in [4.69, 9.17) is 0 Å². The van der Waals surface area contributed by atoms with Crippen LogP contribution < -0.4 is 5.32 Å². The van der Waals surface area contributed by atoms with Crippen LogP contribution in [0.2, 0.25) is 0 Å². The van der Waals surface area contributed by atoms with Gasteiger partial charge in [-0.3, -0.25) is 4.79 Å². The molecular weight excluding hydrogens is 122 g/mol. The first-order valence-corrected chi connectivity index (χ1v) is 2.46. The standard InChI is InChI=1S/C5H8NO3/c1-4(8)6-5(2)9-3-7/h5H,1-2H3,(H,6,8). The lowest BCUT2D eigenvalue weighted by Crippen LogP contribution is -2.32. The van der Waals surface area contributed by atoms with Crippen molar-refractivity contribution in [1.82, 2.24) is 5.32 Å². The first kappa shape index (κ1) is 7.94. The van der Waals surface area contributed by atoms with Gasteiger partial charge in [0.05, 0.1) is 0 Å². The van der Waals surface area contributed by atoms with E-state index in [0.29, 0.717) is 0 Å². The molecule has 1 atom stereocenters. The van der Waals surface area contributed by atoms with Crippen molar-refractivity contribution in [2.75, 3.05) is 0 Å². The number of hydrogen-bond donors (Lipinski definition) is 1. The molecule has 1 radical (unpaired) electrons. The Kier molecular flexibility index (Phi) is 3.43. The van der Waals surface area contributed by atoms with Gasteiger partial charge in [0, 0.05) is 6.92 Å². The van der Waals surface area contributed by atoms with Gasteiger partial charge in [0.15, 0.2) is 6.23 Å². The van der Waals surface area contributed by atoms with Crippen LogP contribution in [-0.4, -0.2) is 18.6 Å². The van der Waals surface area contributed by atoms with Gasteiger partial charge in [-0.15, -0.1) is 0 Å². The molecule has 1 unspecified atom stereocenters. The van der Waals surface area contributed by atoms with E-state index in [2.05, 4.69) is 10.1 Å². The summed E-state index contributed by atoms with van der Waals surface area (Å²) in [7, 11) is 0. The maximum atomic E-state index is 10.2. The lowest BCUT2D eigenvalue weighted by atomic mass is 10.6. The molecule has 0 saturated carbocycles. The highest BCUT2D eigenvalue weighted by molar-refractivity contribution is 5.73. The van der Waals surface area contributed by atoms with E-state index in [9.17, 15) is 9.59 Å². The van der Waals surface area contributed by atoms with Crippen LogP contribution >= 0.6 is 0 Å². The minimum Gasteiger partial charge on any atom is -0.434 e. The third kappa shape index (κ3) is 4.80. The van der Waals surface area contributed by atoms with Gasteiger partial charge in [0.25, 0.3) is 0 Å². The average Bonchev–Trinajstić information content (AvgIpc) is 1.63. The monoisotopic (exact) mass is 130 g/mol. The van der Waals surface area contributed by atoms with Crippen LogP contribution in [0, 0.1) is 0 Å². The van der Waals surface area contributed by atoms with Crippen LogP contribution in [0.25, 0.3) is 0 Å². The summed E-state index contributed by atoms with van der Waals surface area (Å²) in [5, 5.41) is 2.32. The molecular formula is C5H8NO3. The van der Waals surface area contributed by atoms with Gasteiger partial charge in [-0.05, 0) is 6.92 Å². The predicted octanol–water partition coefficient (Wildman–Crippen LogP) is -0.448. The van der Waals surface area contributed by atoms with Crippen LogP contribution in [-0.2, 0) is 14.3 Å². The number of rotatable bonds is 3. The van der Waals surface area contributed by atoms with Crippen molar-refractivity contribution in [3.63, 3.8) is 0 Å². The van der Waals surface area contributed by atoms with Gasteiger partial charge < -0.3 is 10.1 Å². The Morgan fingerprint density at radius 1 is 1.78 bits per heavy atom. The largest absolute Gasteiger partial charge is 0.434 e. The zero-order chi connectivity index (χ0) is 7.28. The zero-order valence-corrected chi connectivity index (χ0v) is 5.30. The molecule has 0 aliphatic rings. The number of hydrogen-bond acceptors (Lipinski definition) is 3. The van der Waals surface area contributed by atoms with Crippen LogP contribution in [0.1, 0.15) is 13.8 Å². The fourth-order valence-electron chi connectivity index (χ4n) is 0.388. The molecule has 1 amide bonds. The smallest absolute Gasteiger partial charge is 0.419 e. The highest BCUT2D eigenvalue weighted by Gasteiger charge is 2.00. The van der Waals surface area contributed by atoms with Gasteiger partial charge in [-0.1, -0.05) is 0 Å². The minimum atomic E-state index is -0.583. The highest BCUT2D eigenvalue weighted by Crippen LogP contribution is 1.79. The van der Waals surface area contributed by atoms with Crippen molar-refractivity contribution in [1.29, 1.82) is 0 Å². The third-order valence-electron chi connectivity index (χ3n) is 0.631. The van der Waals surface area contributed by atoms with E-state index in [1.54, 1.807) is 0 Å². The molecule has 9 heavy (non-hydrogen) atoms. The second-order valence-corrected chi connectivity index (χ2v) is 1.54. The maximum Gasteiger partial charge on any atom is 0.419 e. The summed E-state index contributed by atoms with van der Waals surface area (Å²) in [6.45, 7) is 4.08. The average molecular weight is 130 g/mol. The Labute approximate surface area is 53.2 Å². The molecule has 1 N–H and O–H groups in total. The molecule has 0 aromatic rings. The van der Waals surface area contributed by atoms with Crippen molar-refractivity contribution in [3.8, 4) is 0 Å². The van der Waals surface area contributed by atoms with E-state index in [-0.39, 0.29) is 5.91 Å². The Hall–Kier alpha value is -1.06. The lowest BCUT2D eigenvalue weighted by Gasteiger charge is -2.07. The number of carbonyl (C=O) groups excluding carboxylic acids is 2. The van der Waals surface area contributed by atoms with Gasteiger partial charge in [0.2, 0.25) is 5.91 Å². The quantitative estimate of drug-likeness (QED) is 0.526. The number of carbonyl (C=O) groups is 1. The van der Waals surface area contributed by atoms with Gasteiger partial charge in [-0.25, -0.2) is 4.79 Å². The normalized spacial score (nSPS) is 11.8. The summed E-state index contributed by atoms with van der Waals surface area (Å²) in [6, 6.07) is 0. The SMILES string of the molecule is CC(=O)NC(C)O[C]=O. The molecule has 51 valence electrons. The van der Waals surface area contributed by atoms with E-state index in [0.717, 1.165) is 0 Å². The van der Waals surface area contributed by atoms with E-state index in [1.807, 2.05) is 0 Å². The topological polar surface area (TPSA) is 55.4 Å². The summed E-state index contributed by atoms with van der Waals surface area (Å²) in [4.78, 5) is 19.7. The molecule has 0 spiro atoms. The van der Waals surface area contributed by atoms with E-state index in [1.165, 1.54) is 20.3 Å². The predicted molar refractivity (Wildman–Crippen MR) is 30.1 cm³/mol. The zero-order valence-electron chi connectivity index (χ0n) is 5.30. The first-order chi connectivity index (χ1) is 4.16. The summed E-state index contributed by atoms with van der Waals surface area (Å²) in [5.41, 5.74) is 0. The molecule has 0 rings (SSSR count). The fraction of sp³-hybridized carbons (Fsp3) is 0.600. The molecule has 0 saturated heterocycles. The highest BCUT2D eigenvalue weighted by atomic mass is 16.5. The molecule has 0 aromatic heterocycles. The maximum absolute atomic E-state index is 10.2. The Balaban J connectivity index is 3.37. The van der Waals surface area contributed by atoms with Crippen molar-refractivity contribution < 1.29 is 14.3 Å². The number of amides is 1. The van der Waals surface area contributed by atoms with Crippen molar-refractivity contribution in [3.05, 3.63) is 0 Å². The van der Waals surface area contributed by atoms with Crippen LogP contribution in [0.15, 0.2) is 0 Å². The van der Waals surface area contributed by atoms with Gasteiger partial charge in [-0.2, -0.15) is 0 Å². The van der Waals surface area contributed by atoms with Crippen LogP contribution in [0.4, 0.5) is 0 Å². The Bertz CT molecular complexity index is 113. The molecule has 4 nitrogen and oxygen atoms in total. The fourth-order valence-corrected chi connectivity index (χ4v) is 0.388. The van der Waals surface area contributed by atoms with Crippen molar-refractivity contribution in [2.24, 2.45) is 0 Å². The molecule has 0 aliphatic heterocycles. The summed E-state index contributed by atoms with van der Waals surface area (Å²) in [5.74, 6) is -0.238. The summed E-state index contributed by atoms with van der Waals surface area (Å²) in [6.07, 6.45) is -0.583. The summed E-state index contributed by atoms with van der Waals surface area (Å²) >= 11 is 0. The first-order valence-electron chi connectivity index (χ1n) is 2.46. The molecule has 0 aliphatic carbocycles. The van der Waals surface area contributed by atoms with Crippen LogP contribution in [0.3, 0.4) is 0 Å². The second-order valence-electron chi connectivity index (χ2n) is 1.54. The van der Waals surface area contributed by atoms with Crippen LogP contribution in [0.5, 0.6) is 0 Å². The minimum absolute atomic E-state index is 0.238. The van der Waals surface area contributed by atoms with Crippen molar-refractivity contribution >= 4 is 12.4 Å². The molecule has 4 heteroatoms. The molecule has 0 aromatic carbocycles. The van der Waals surface area contributed by atoms with Crippen molar-refractivity contribution in [2.45, 2.75) is 20.1 Å². The summed E-state index contributed by atoms with van der Waals surface area (Å²) < 4.78 is 4.22. The van der Waals surface area contributed by atoms with E-state index < -0.39 is 6.23 Å². The molecule has 0 heterocycles. The second kappa shape index (κ2) is 3.88. The molecule has 0 fully saturated rings.